The van der Waals surface area contributed by atoms with Crippen LogP contribution in [0.3, 0.4) is 0 Å². The van der Waals surface area contributed by atoms with E-state index in [9.17, 15) is 9.59 Å². The minimum absolute atomic E-state index is 0.0939. The second-order valence-corrected chi connectivity index (χ2v) is 9.93. The Morgan fingerprint density at radius 2 is 1.53 bits per heavy atom. The fourth-order valence-electron chi connectivity index (χ4n) is 5.91. The molecule has 2 bridgehead atoms. The number of hydrogen-bond acceptors (Lipinski definition) is 4. The van der Waals surface area contributed by atoms with E-state index in [0.717, 1.165) is 56.7 Å². The average Bonchev–Trinajstić information content (AvgIpc) is 3.23. The number of rotatable bonds is 4. The molecule has 1 aliphatic carbocycles. The zero-order chi connectivity index (χ0) is 24.5. The van der Waals surface area contributed by atoms with Crippen LogP contribution in [0, 0.1) is 0 Å². The standard InChI is InChI=1S/C30H31N3O3/c34-29(23-9-5-2-6-10-23)32-17-15-31(16-18-32)25-11-12-26-27(20-25)24-13-14-33(28(26)19-24)30(35)36-21-22-7-3-1-4-8-22/h1-12,20,24,28H,13-19,21H2/t24-,28?/m1/s1. The Kier molecular flexibility index (Phi) is 6.09. The third-order valence-corrected chi connectivity index (χ3v) is 7.86. The fourth-order valence-corrected chi connectivity index (χ4v) is 5.91. The molecule has 1 unspecified atom stereocenters. The van der Waals surface area contributed by atoms with Crippen LogP contribution in [0.2, 0.25) is 0 Å². The topological polar surface area (TPSA) is 53.1 Å². The molecule has 6 nitrogen and oxygen atoms in total. The number of carbonyl (C=O) groups is 2. The molecule has 0 radical (unpaired) electrons. The van der Waals surface area contributed by atoms with Gasteiger partial charge in [0, 0.05) is 44.0 Å². The molecule has 184 valence electrons. The Balaban J connectivity index is 1.11. The highest BCUT2D eigenvalue weighted by Crippen LogP contribution is 2.50. The molecule has 0 N–H and O–H groups in total. The molecule has 3 aromatic carbocycles. The van der Waals surface area contributed by atoms with Crippen molar-refractivity contribution in [1.29, 1.82) is 0 Å². The van der Waals surface area contributed by atoms with Crippen LogP contribution >= 0.6 is 0 Å². The maximum Gasteiger partial charge on any atom is 0.410 e. The number of hydrogen-bond donors (Lipinski definition) is 0. The van der Waals surface area contributed by atoms with Gasteiger partial charge in [0.15, 0.2) is 0 Å². The van der Waals surface area contributed by atoms with Crippen LogP contribution in [-0.2, 0) is 11.3 Å². The SMILES string of the molecule is O=C(c1ccccc1)N1CCN(c2ccc3c(c2)[C@@H]2CCN(C(=O)OCc4ccccc4)C3C2)CC1. The number of benzene rings is 3. The summed E-state index contributed by atoms with van der Waals surface area (Å²) in [4.78, 5) is 32.0. The third-order valence-electron chi connectivity index (χ3n) is 7.86. The van der Waals surface area contributed by atoms with Crippen molar-refractivity contribution in [3.8, 4) is 0 Å². The Labute approximate surface area is 212 Å². The molecule has 2 atom stereocenters. The normalized spacial score (nSPS) is 20.7. The number of amides is 2. The van der Waals surface area contributed by atoms with E-state index in [4.69, 9.17) is 4.74 Å². The molecule has 0 saturated carbocycles. The van der Waals surface area contributed by atoms with Gasteiger partial charge in [-0.15, -0.1) is 0 Å². The van der Waals surface area contributed by atoms with Gasteiger partial charge in [-0.05, 0) is 59.7 Å². The lowest BCUT2D eigenvalue weighted by molar-refractivity contribution is 0.0694. The smallest absolute Gasteiger partial charge is 0.410 e. The van der Waals surface area contributed by atoms with Crippen LogP contribution in [0.25, 0.3) is 0 Å². The highest BCUT2D eigenvalue weighted by atomic mass is 16.6. The molecular formula is C30H31N3O3. The highest BCUT2D eigenvalue weighted by Gasteiger charge is 2.41. The van der Waals surface area contributed by atoms with Crippen molar-refractivity contribution in [2.75, 3.05) is 37.6 Å². The lowest BCUT2D eigenvalue weighted by atomic mass is 9.95. The first-order valence-corrected chi connectivity index (χ1v) is 12.9. The van der Waals surface area contributed by atoms with E-state index in [1.165, 1.54) is 16.8 Å². The van der Waals surface area contributed by atoms with Gasteiger partial charge in [0.2, 0.25) is 0 Å². The Morgan fingerprint density at radius 3 is 2.28 bits per heavy atom. The maximum atomic E-state index is 12.9. The number of piperidine rings is 1. The average molecular weight is 482 g/mol. The zero-order valence-corrected chi connectivity index (χ0v) is 20.4. The van der Waals surface area contributed by atoms with Crippen molar-refractivity contribution in [2.45, 2.75) is 31.4 Å². The van der Waals surface area contributed by atoms with Crippen LogP contribution < -0.4 is 4.90 Å². The summed E-state index contributed by atoms with van der Waals surface area (Å²) in [5.41, 5.74) is 5.60. The predicted octanol–water partition coefficient (Wildman–Crippen LogP) is 5.22. The summed E-state index contributed by atoms with van der Waals surface area (Å²) in [6.07, 6.45) is 1.71. The molecule has 0 spiro atoms. The van der Waals surface area contributed by atoms with Crippen LogP contribution in [0.5, 0.6) is 0 Å². The summed E-state index contributed by atoms with van der Waals surface area (Å²) in [5.74, 6) is 0.598. The van der Waals surface area contributed by atoms with Crippen molar-refractivity contribution in [2.24, 2.45) is 0 Å². The largest absolute Gasteiger partial charge is 0.445 e. The minimum atomic E-state index is -0.224. The number of carbonyl (C=O) groups excluding carboxylic acids is 2. The van der Waals surface area contributed by atoms with Gasteiger partial charge in [0.05, 0.1) is 6.04 Å². The zero-order valence-electron chi connectivity index (χ0n) is 20.4. The quantitative estimate of drug-likeness (QED) is 0.513. The molecule has 2 amide bonds. The second-order valence-electron chi connectivity index (χ2n) is 9.93. The minimum Gasteiger partial charge on any atom is -0.445 e. The van der Waals surface area contributed by atoms with E-state index in [1.807, 2.05) is 70.5 Å². The van der Waals surface area contributed by atoms with Gasteiger partial charge in [0.1, 0.15) is 6.61 Å². The molecule has 2 heterocycles. The molecule has 2 saturated heterocycles. The lowest BCUT2D eigenvalue weighted by Gasteiger charge is -2.36. The molecule has 6 heteroatoms. The number of piperazine rings is 1. The van der Waals surface area contributed by atoms with Crippen LogP contribution in [0.4, 0.5) is 10.5 Å². The Hall–Kier alpha value is -3.80. The summed E-state index contributed by atoms with van der Waals surface area (Å²) < 4.78 is 5.66. The Morgan fingerprint density at radius 1 is 0.806 bits per heavy atom. The molecule has 3 aromatic rings. The molecule has 36 heavy (non-hydrogen) atoms. The van der Waals surface area contributed by atoms with E-state index in [-0.39, 0.29) is 18.0 Å². The van der Waals surface area contributed by atoms with Gasteiger partial charge < -0.3 is 19.4 Å². The van der Waals surface area contributed by atoms with Gasteiger partial charge in [-0.3, -0.25) is 4.79 Å². The van der Waals surface area contributed by atoms with Gasteiger partial charge in [-0.25, -0.2) is 4.79 Å². The summed E-state index contributed by atoms with van der Waals surface area (Å²) in [7, 11) is 0. The fraction of sp³-hybridized carbons (Fsp3) is 0.333. The summed E-state index contributed by atoms with van der Waals surface area (Å²) >= 11 is 0. The van der Waals surface area contributed by atoms with Crippen LogP contribution in [0.15, 0.2) is 78.9 Å². The van der Waals surface area contributed by atoms with Crippen molar-refractivity contribution in [3.05, 3.63) is 101 Å². The van der Waals surface area contributed by atoms with Crippen LogP contribution in [-0.4, -0.2) is 54.5 Å². The molecule has 2 aliphatic heterocycles. The number of anilines is 1. The molecule has 3 aliphatic rings. The van der Waals surface area contributed by atoms with Gasteiger partial charge >= 0.3 is 6.09 Å². The Bertz CT molecular complexity index is 1240. The molecular weight excluding hydrogens is 450 g/mol. The predicted molar refractivity (Wildman–Crippen MR) is 139 cm³/mol. The first-order valence-electron chi connectivity index (χ1n) is 12.9. The van der Waals surface area contributed by atoms with Gasteiger partial charge in [-0.1, -0.05) is 54.6 Å². The number of ether oxygens (including phenoxy) is 1. The van der Waals surface area contributed by atoms with Crippen LogP contribution in [0.1, 0.15) is 51.8 Å². The van der Waals surface area contributed by atoms with E-state index in [1.54, 1.807) is 0 Å². The number of likely N-dealkylation sites (tertiary alicyclic amines) is 1. The van der Waals surface area contributed by atoms with E-state index in [0.29, 0.717) is 12.5 Å². The first-order chi connectivity index (χ1) is 17.7. The molecule has 0 aromatic heterocycles. The van der Waals surface area contributed by atoms with E-state index >= 15 is 0 Å². The third kappa shape index (κ3) is 4.32. The maximum absolute atomic E-state index is 12.9. The van der Waals surface area contributed by atoms with Crippen molar-refractivity contribution >= 4 is 17.7 Å². The summed E-state index contributed by atoms with van der Waals surface area (Å²) in [6.45, 7) is 4.12. The second kappa shape index (κ2) is 9.69. The molecule has 2 fully saturated rings. The van der Waals surface area contributed by atoms with Crippen molar-refractivity contribution in [1.82, 2.24) is 9.80 Å². The number of nitrogens with zero attached hydrogens (tertiary/aromatic N) is 3. The van der Waals surface area contributed by atoms with Gasteiger partial charge in [-0.2, -0.15) is 0 Å². The number of fused-ring (bicyclic) bond motifs is 5. The monoisotopic (exact) mass is 481 g/mol. The summed E-state index contributed by atoms with van der Waals surface area (Å²) in [5, 5.41) is 0. The molecule has 6 rings (SSSR count). The van der Waals surface area contributed by atoms with Gasteiger partial charge in [0.25, 0.3) is 5.91 Å². The van der Waals surface area contributed by atoms with E-state index in [2.05, 4.69) is 23.1 Å². The highest BCUT2D eigenvalue weighted by molar-refractivity contribution is 5.94. The van der Waals surface area contributed by atoms with Crippen molar-refractivity contribution in [3.63, 3.8) is 0 Å². The van der Waals surface area contributed by atoms with E-state index < -0.39 is 0 Å². The lowest BCUT2D eigenvalue weighted by Crippen LogP contribution is -2.48. The summed E-state index contributed by atoms with van der Waals surface area (Å²) in [6, 6.07) is 26.2. The van der Waals surface area contributed by atoms with Crippen molar-refractivity contribution < 1.29 is 14.3 Å². The first kappa shape index (κ1) is 22.7.